The van der Waals surface area contributed by atoms with Gasteiger partial charge in [-0.3, -0.25) is 10.1 Å². The summed E-state index contributed by atoms with van der Waals surface area (Å²) in [6.07, 6.45) is 0.808. The van der Waals surface area contributed by atoms with Crippen LogP contribution in [0.1, 0.15) is 41.0 Å². The Balaban J connectivity index is 4.40. The predicted molar refractivity (Wildman–Crippen MR) is 70.9 cm³/mol. The van der Waals surface area contributed by atoms with E-state index in [4.69, 9.17) is 4.74 Å². The average molecular weight is 247 g/mol. The lowest BCUT2D eigenvalue weighted by atomic mass is 9.98. The summed E-state index contributed by atoms with van der Waals surface area (Å²) in [6.45, 7) is 10.4. The average Bonchev–Trinajstić information content (AvgIpc) is 2.17. The van der Waals surface area contributed by atoms with Crippen molar-refractivity contribution in [3.8, 4) is 0 Å². The lowest BCUT2D eigenvalue weighted by molar-refractivity contribution is -0.150. The van der Waals surface area contributed by atoms with Crippen molar-refractivity contribution in [3.63, 3.8) is 0 Å². The van der Waals surface area contributed by atoms with Gasteiger partial charge in [-0.15, -0.1) is 0 Å². The van der Waals surface area contributed by atoms with E-state index >= 15 is 0 Å². The minimum Gasteiger partial charge on any atom is -0.465 e. The number of thioether (sulfide) groups is 1. The summed E-state index contributed by atoms with van der Waals surface area (Å²) < 4.78 is 5.13. The molecule has 0 spiro atoms. The molecule has 0 rings (SSSR count). The van der Waals surface area contributed by atoms with E-state index in [1.54, 1.807) is 0 Å². The maximum atomic E-state index is 11.9. The van der Waals surface area contributed by atoms with Crippen LogP contribution in [-0.4, -0.2) is 35.7 Å². The molecule has 96 valence electrons. The van der Waals surface area contributed by atoms with Crippen LogP contribution in [0.3, 0.4) is 0 Å². The number of carbonyl (C=O) groups excluding carboxylic acids is 1. The molecule has 0 amide bonds. The first-order chi connectivity index (χ1) is 7.46. The molecule has 0 aromatic rings. The van der Waals surface area contributed by atoms with Gasteiger partial charge in [0.1, 0.15) is 5.54 Å². The fourth-order valence-electron chi connectivity index (χ4n) is 1.58. The van der Waals surface area contributed by atoms with Gasteiger partial charge < -0.3 is 4.74 Å². The fourth-order valence-corrected chi connectivity index (χ4v) is 2.42. The molecule has 3 nitrogen and oxygen atoms in total. The summed E-state index contributed by atoms with van der Waals surface area (Å²) in [5, 5.41) is 3.31. The Morgan fingerprint density at radius 2 is 2.06 bits per heavy atom. The van der Waals surface area contributed by atoms with Crippen LogP contribution in [0.4, 0.5) is 0 Å². The van der Waals surface area contributed by atoms with E-state index in [2.05, 4.69) is 12.2 Å². The summed E-state index contributed by atoms with van der Waals surface area (Å²) in [4.78, 5) is 11.9. The Kier molecular flexibility index (Phi) is 7.85. The number of carbonyl (C=O) groups is 1. The van der Waals surface area contributed by atoms with Crippen LogP contribution < -0.4 is 5.32 Å². The van der Waals surface area contributed by atoms with E-state index in [0.717, 1.165) is 17.9 Å². The molecule has 1 N–H and O–H groups in total. The van der Waals surface area contributed by atoms with E-state index < -0.39 is 5.54 Å². The molecule has 0 aromatic heterocycles. The molecule has 0 aromatic carbocycles. The summed E-state index contributed by atoms with van der Waals surface area (Å²) in [5.74, 6) is 1.92. The first kappa shape index (κ1) is 15.8. The van der Waals surface area contributed by atoms with Gasteiger partial charge in [-0.2, -0.15) is 11.8 Å². The molecule has 0 aliphatic rings. The third-order valence-corrected chi connectivity index (χ3v) is 3.18. The molecule has 4 heteroatoms. The molecule has 1 atom stereocenters. The normalized spacial score (nSPS) is 14.9. The van der Waals surface area contributed by atoms with Crippen molar-refractivity contribution in [3.05, 3.63) is 0 Å². The largest absolute Gasteiger partial charge is 0.465 e. The van der Waals surface area contributed by atoms with Gasteiger partial charge in [-0.25, -0.2) is 0 Å². The zero-order chi connectivity index (χ0) is 12.6. The zero-order valence-electron chi connectivity index (χ0n) is 11.1. The van der Waals surface area contributed by atoms with Crippen LogP contribution in [0.25, 0.3) is 0 Å². The predicted octanol–water partition coefficient (Wildman–Crippen LogP) is 2.45. The zero-order valence-corrected chi connectivity index (χ0v) is 11.9. The SMILES string of the molecule is CCOC(=O)C(C)(CCSCC)NC(C)C. The number of nitrogens with one attached hydrogen (secondary N) is 1. The molecule has 0 heterocycles. The van der Waals surface area contributed by atoms with Gasteiger partial charge in [0.05, 0.1) is 6.61 Å². The number of hydrogen-bond acceptors (Lipinski definition) is 4. The minimum atomic E-state index is -0.549. The third-order valence-electron chi connectivity index (χ3n) is 2.28. The van der Waals surface area contributed by atoms with Crippen molar-refractivity contribution in [2.24, 2.45) is 0 Å². The number of hydrogen-bond donors (Lipinski definition) is 1. The maximum Gasteiger partial charge on any atom is 0.326 e. The first-order valence-electron chi connectivity index (χ1n) is 5.99. The molecule has 1 unspecified atom stereocenters. The van der Waals surface area contributed by atoms with E-state index in [9.17, 15) is 4.79 Å². The van der Waals surface area contributed by atoms with Crippen LogP contribution in [0.2, 0.25) is 0 Å². The Labute approximate surface area is 104 Å². The smallest absolute Gasteiger partial charge is 0.326 e. The van der Waals surface area contributed by atoms with Crippen molar-refractivity contribution in [2.45, 2.75) is 52.6 Å². The van der Waals surface area contributed by atoms with E-state index in [1.807, 2.05) is 39.5 Å². The van der Waals surface area contributed by atoms with Crippen LogP contribution in [-0.2, 0) is 9.53 Å². The van der Waals surface area contributed by atoms with Gasteiger partial charge in [-0.1, -0.05) is 6.92 Å². The van der Waals surface area contributed by atoms with Gasteiger partial charge in [0.25, 0.3) is 0 Å². The van der Waals surface area contributed by atoms with Crippen LogP contribution >= 0.6 is 11.8 Å². The molecular weight excluding hydrogens is 222 g/mol. The van der Waals surface area contributed by atoms with E-state index in [1.165, 1.54) is 0 Å². The van der Waals surface area contributed by atoms with Crippen molar-refractivity contribution in [2.75, 3.05) is 18.1 Å². The summed E-state index contributed by atoms with van der Waals surface area (Å²) in [7, 11) is 0. The van der Waals surface area contributed by atoms with Crippen LogP contribution in [0.15, 0.2) is 0 Å². The van der Waals surface area contributed by atoms with Gasteiger partial charge in [0.15, 0.2) is 0 Å². The van der Waals surface area contributed by atoms with Crippen molar-refractivity contribution >= 4 is 17.7 Å². The highest BCUT2D eigenvalue weighted by molar-refractivity contribution is 7.99. The Hall–Kier alpha value is -0.220. The second-order valence-corrected chi connectivity index (χ2v) is 5.69. The molecule has 16 heavy (non-hydrogen) atoms. The van der Waals surface area contributed by atoms with Crippen molar-refractivity contribution in [1.82, 2.24) is 5.32 Å². The van der Waals surface area contributed by atoms with E-state index in [0.29, 0.717) is 6.61 Å². The summed E-state index contributed by atoms with van der Waals surface area (Å²) in [5.41, 5.74) is -0.549. The second-order valence-electron chi connectivity index (χ2n) is 4.30. The topological polar surface area (TPSA) is 38.3 Å². The molecule has 0 aliphatic heterocycles. The fraction of sp³-hybridized carbons (Fsp3) is 0.917. The molecule has 0 aliphatic carbocycles. The highest BCUT2D eigenvalue weighted by Gasteiger charge is 2.34. The first-order valence-corrected chi connectivity index (χ1v) is 7.14. The third kappa shape index (κ3) is 5.75. The van der Waals surface area contributed by atoms with Gasteiger partial charge in [0, 0.05) is 6.04 Å². The Morgan fingerprint density at radius 1 is 1.44 bits per heavy atom. The van der Waals surface area contributed by atoms with Gasteiger partial charge in [0.2, 0.25) is 0 Å². The van der Waals surface area contributed by atoms with Crippen molar-refractivity contribution in [1.29, 1.82) is 0 Å². The quantitative estimate of drug-likeness (QED) is 0.528. The van der Waals surface area contributed by atoms with E-state index in [-0.39, 0.29) is 12.0 Å². The lowest BCUT2D eigenvalue weighted by Gasteiger charge is -2.30. The number of esters is 1. The number of ether oxygens (including phenoxy) is 1. The molecule has 0 saturated carbocycles. The maximum absolute atomic E-state index is 11.9. The molecule has 0 saturated heterocycles. The summed E-state index contributed by atoms with van der Waals surface area (Å²) >= 11 is 1.85. The lowest BCUT2D eigenvalue weighted by Crippen LogP contribution is -2.53. The van der Waals surface area contributed by atoms with Gasteiger partial charge >= 0.3 is 5.97 Å². The second kappa shape index (κ2) is 7.96. The van der Waals surface area contributed by atoms with Crippen LogP contribution in [0.5, 0.6) is 0 Å². The molecule has 0 radical (unpaired) electrons. The Bertz CT molecular complexity index is 209. The van der Waals surface area contributed by atoms with Crippen molar-refractivity contribution < 1.29 is 9.53 Å². The molecular formula is C12H25NO2S. The standard InChI is InChI=1S/C12H25NO2S/c1-6-15-11(14)12(5,13-10(3)4)8-9-16-7-2/h10,13H,6-9H2,1-5H3. The number of rotatable bonds is 8. The molecule has 0 bridgehead atoms. The van der Waals surface area contributed by atoms with Crippen LogP contribution in [0, 0.1) is 0 Å². The highest BCUT2D eigenvalue weighted by atomic mass is 32.2. The minimum absolute atomic E-state index is 0.139. The highest BCUT2D eigenvalue weighted by Crippen LogP contribution is 2.17. The monoisotopic (exact) mass is 247 g/mol. The van der Waals surface area contributed by atoms with Gasteiger partial charge in [-0.05, 0) is 45.6 Å². The Morgan fingerprint density at radius 3 is 2.50 bits per heavy atom. The summed E-state index contributed by atoms with van der Waals surface area (Å²) in [6, 6.07) is 0.279. The molecule has 0 fully saturated rings.